The minimum Gasteiger partial charge on any atom is -0.463 e. The second-order valence-corrected chi connectivity index (χ2v) is 9.38. The van der Waals surface area contributed by atoms with E-state index in [4.69, 9.17) is 14.2 Å². The molecule has 5 nitrogen and oxygen atoms in total. The van der Waals surface area contributed by atoms with Gasteiger partial charge in [0.25, 0.3) is 0 Å². The fraction of sp³-hybridized carbons (Fsp3) is 0.778. The van der Waals surface area contributed by atoms with E-state index in [0.29, 0.717) is 32.5 Å². The third-order valence-electron chi connectivity index (χ3n) is 6.31. The molecule has 32 heavy (non-hydrogen) atoms. The molecule has 2 rings (SSSR count). The van der Waals surface area contributed by atoms with Gasteiger partial charge in [-0.3, -0.25) is 9.59 Å². The molecule has 0 aromatic heterocycles. The summed E-state index contributed by atoms with van der Waals surface area (Å²) in [5.74, 6) is -0.303. The number of unbranched alkanes of at least 4 members (excludes halogenated alkanes) is 5. The van der Waals surface area contributed by atoms with Crippen LogP contribution in [0, 0.1) is 0 Å². The number of ketones is 1. The zero-order chi connectivity index (χ0) is 23.2. The van der Waals surface area contributed by atoms with Crippen molar-refractivity contribution in [3.05, 3.63) is 23.3 Å². The van der Waals surface area contributed by atoms with E-state index in [-0.39, 0.29) is 17.9 Å². The van der Waals surface area contributed by atoms with Gasteiger partial charge in [0.05, 0.1) is 19.3 Å². The average molecular weight is 449 g/mol. The molecule has 1 aliphatic heterocycles. The van der Waals surface area contributed by atoms with Crippen LogP contribution >= 0.6 is 0 Å². The molecule has 0 aromatic carbocycles. The first-order chi connectivity index (χ1) is 15.5. The number of allylic oxidation sites excluding steroid dienone is 4. The second-order valence-electron chi connectivity index (χ2n) is 9.38. The minimum absolute atomic E-state index is 0.0583. The normalized spacial score (nSPS) is 18.4. The maximum atomic E-state index is 12.4. The van der Waals surface area contributed by atoms with Crippen LogP contribution in [0.1, 0.15) is 111 Å². The van der Waals surface area contributed by atoms with Crippen molar-refractivity contribution in [1.82, 2.24) is 0 Å². The number of Topliss-reactive ketones (excluding diaryl/α,β-unsaturated/α-hetero) is 1. The molecule has 2 aliphatic rings. The molecule has 182 valence electrons. The number of hydrogen-bond donors (Lipinski definition) is 0. The fourth-order valence-electron chi connectivity index (χ4n) is 4.55. The van der Waals surface area contributed by atoms with Gasteiger partial charge in [-0.05, 0) is 57.9 Å². The Morgan fingerprint density at radius 3 is 2.50 bits per heavy atom. The lowest BCUT2D eigenvalue weighted by atomic mass is 9.96. The van der Waals surface area contributed by atoms with Gasteiger partial charge < -0.3 is 14.2 Å². The fourth-order valence-corrected chi connectivity index (χ4v) is 4.55. The van der Waals surface area contributed by atoms with E-state index in [1.807, 2.05) is 13.8 Å². The Kier molecular flexibility index (Phi) is 12.3. The molecule has 0 N–H and O–H groups in total. The molecular weight excluding hydrogens is 404 g/mol. The highest BCUT2D eigenvalue weighted by molar-refractivity contribution is 5.98. The third-order valence-corrected chi connectivity index (χ3v) is 6.31. The van der Waals surface area contributed by atoms with Gasteiger partial charge in [-0.2, -0.15) is 0 Å². The number of carbonyl (C=O) groups is 2. The Bertz CT molecular complexity index is 640. The first kappa shape index (κ1) is 26.8. The van der Waals surface area contributed by atoms with Gasteiger partial charge in [0.1, 0.15) is 0 Å². The molecule has 0 amide bonds. The quantitative estimate of drug-likeness (QED) is 0.151. The second kappa shape index (κ2) is 14.6. The molecule has 1 saturated heterocycles. The van der Waals surface area contributed by atoms with E-state index in [0.717, 1.165) is 50.5 Å². The van der Waals surface area contributed by atoms with Crippen LogP contribution in [-0.4, -0.2) is 36.9 Å². The van der Waals surface area contributed by atoms with E-state index in [2.05, 4.69) is 19.1 Å². The van der Waals surface area contributed by atoms with Crippen LogP contribution in [-0.2, 0) is 23.8 Å². The zero-order valence-electron chi connectivity index (χ0n) is 20.6. The summed E-state index contributed by atoms with van der Waals surface area (Å²) in [6.45, 7) is 7.31. The number of carbonyl (C=O) groups excluding carboxylic acids is 2. The summed E-state index contributed by atoms with van der Waals surface area (Å²) in [5.41, 5.74) is 2.26. The molecule has 0 atom stereocenters. The number of hydrogen-bond acceptors (Lipinski definition) is 5. The molecule has 0 radical (unpaired) electrons. The summed E-state index contributed by atoms with van der Waals surface area (Å²) in [6, 6.07) is 0. The van der Waals surface area contributed by atoms with Crippen LogP contribution < -0.4 is 0 Å². The van der Waals surface area contributed by atoms with E-state index < -0.39 is 5.79 Å². The number of ether oxygens (including phenoxy) is 3. The predicted octanol–water partition coefficient (Wildman–Crippen LogP) is 6.60. The Morgan fingerprint density at radius 2 is 1.78 bits per heavy atom. The summed E-state index contributed by atoms with van der Waals surface area (Å²) >= 11 is 0. The Balaban J connectivity index is 1.79. The van der Waals surface area contributed by atoms with Gasteiger partial charge in [-0.1, -0.05) is 50.3 Å². The molecule has 0 aromatic rings. The zero-order valence-corrected chi connectivity index (χ0v) is 20.6. The molecule has 0 bridgehead atoms. The van der Waals surface area contributed by atoms with Crippen molar-refractivity contribution in [1.29, 1.82) is 0 Å². The van der Waals surface area contributed by atoms with E-state index in [1.54, 1.807) is 0 Å². The van der Waals surface area contributed by atoms with Crippen LogP contribution in [0.25, 0.3) is 0 Å². The van der Waals surface area contributed by atoms with Crippen LogP contribution in [0.3, 0.4) is 0 Å². The van der Waals surface area contributed by atoms with Crippen molar-refractivity contribution in [2.24, 2.45) is 0 Å². The van der Waals surface area contributed by atoms with Crippen molar-refractivity contribution in [3.8, 4) is 0 Å². The Morgan fingerprint density at radius 1 is 1.03 bits per heavy atom. The monoisotopic (exact) mass is 448 g/mol. The summed E-state index contributed by atoms with van der Waals surface area (Å²) in [6.07, 6.45) is 17.2. The molecule has 1 fully saturated rings. The summed E-state index contributed by atoms with van der Waals surface area (Å²) < 4.78 is 17.3. The lowest BCUT2D eigenvalue weighted by Crippen LogP contribution is -2.30. The highest BCUT2D eigenvalue weighted by Crippen LogP contribution is 2.36. The molecule has 5 heteroatoms. The largest absolute Gasteiger partial charge is 0.463 e. The van der Waals surface area contributed by atoms with Gasteiger partial charge in [0, 0.05) is 25.7 Å². The predicted molar refractivity (Wildman–Crippen MR) is 127 cm³/mol. The molecule has 0 spiro atoms. The molecule has 1 aliphatic carbocycles. The van der Waals surface area contributed by atoms with Crippen LogP contribution in [0.15, 0.2) is 23.3 Å². The average Bonchev–Trinajstić information content (AvgIpc) is 3.36. The first-order valence-electron chi connectivity index (χ1n) is 12.8. The SMILES string of the molecule is CCCCCCCC1(CCC2=C(CC=CCCCC(=O)OC(C)C)C(=O)CC2)OCCO1. The topological polar surface area (TPSA) is 61.8 Å². The van der Waals surface area contributed by atoms with Crippen molar-refractivity contribution >= 4 is 11.8 Å². The van der Waals surface area contributed by atoms with E-state index in [9.17, 15) is 9.59 Å². The van der Waals surface area contributed by atoms with Gasteiger partial charge in [0.15, 0.2) is 11.6 Å². The van der Waals surface area contributed by atoms with Crippen molar-refractivity contribution in [2.45, 2.75) is 123 Å². The minimum atomic E-state index is -0.448. The van der Waals surface area contributed by atoms with Crippen molar-refractivity contribution in [2.75, 3.05) is 13.2 Å². The first-order valence-corrected chi connectivity index (χ1v) is 12.8. The van der Waals surface area contributed by atoms with Gasteiger partial charge in [-0.15, -0.1) is 0 Å². The lowest BCUT2D eigenvalue weighted by Gasteiger charge is -2.28. The van der Waals surface area contributed by atoms with Gasteiger partial charge in [-0.25, -0.2) is 0 Å². The number of rotatable bonds is 16. The summed E-state index contributed by atoms with van der Waals surface area (Å²) in [5, 5.41) is 0. The molecule has 1 heterocycles. The van der Waals surface area contributed by atoms with Crippen molar-refractivity contribution < 1.29 is 23.8 Å². The standard InChI is InChI=1S/C27H44O5/c1-4-5-6-9-12-18-27(30-20-21-31-27)19-17-23-15-16-25(28)24(23)13-10-7-8-11-14-26(29)32-22(2)3/h7,10,22H,4-6,8-9,11-21H2,1-3H3. The highest BCUT2D eigenvalue weighted by Gasteiger charge is 2.36. The lowest BCUT2D eigenvalue weighted by molar-refractivity contribution is -0.167. The van der Waals surface area contributed by atoms with Crippen LogP contribution in [0.5, 0.6) is 0 Å². The van der Waals surface area contributed by atoms with Gasteiger partial charge >= 0.3 is 5.97 Å². The summed E-state index contributed by atoms with van der Waals surface area (Å²) in [7, 11) is 0. The Labute approximate surface area is 195 Å². The maximum absolute atomic E-state index is 12.4. The molecule has 0 unspecified atom stereocenters. The summed E-state index contributed by atoms with van der Waals surface area (Å²) in [4.78, 5) is 24.0. The van der Waals surface area contributed by atoms with Crippen LogP contribution in [0.4, 0.5) is 0 Å². The smallest absolute Gasteiger partial charge is 0.306 e. The van der Waals surface area contributed by atoms with Crippen molar-refractivity contribution in [3.63, 3.8) is 0 Å². The molecule has 0 saturated carbocycles. The number of esters is 1. The third kappa shape index (κ3) is 9.58. The molecular formula is C27H44O5. The van der Waals surface area contributed by atoms with E-state index in [1.165, 1.54) is 31.3 Å². The highest BCUT2D eigenvalue weighted by atomic mass is 16.7. The maximum Gasteiger partial charge on any atom is 0.306 e. The van der Waals surface area contributed by atoms with Crippen LogP contribution in [0.2, 0.25) is 0 Å². The Hall–Kier alpha value is -1.46. The van der Waals surface area contributed by atoms with Gasteiger partial charge in [0.2, 0.25) is 0 Å². The van der Waals surface area contributed by atoms with E-state index >= 15 is 0 Å².